The van der Waals surface area contributed by atoms with E-state index in [1.807, 2.05) is 0 Å². The Balaban J connectivity index is 0.00000364. The molecule has 2 aromatic rings. The predicted octanol–water partition coefficient (Wildman–Crippen LogP) is 3.61. The Hall–Kier alpha value is -1.19. The van der Waals surface area contributed by atoms with Crippen LogP contribution in [0, 0.1) is 13.8 Å². The molecule has 5 nitrogen and oxygen atoms in total. The summed E-state index contributed by atoms with van der Waals surface area (Å²) < 4.78 is 0. The van der Waals surface area contributed by atoms with Crippen LogP contribution in [-0.2, 0) is 13.0 Å². The third-order valence-electron chi connectivity index (χ3n) is 4.10. The zero-order valence-corrected chi connectivity index (χ0v) is 19.9. The predicted molar refractivity (Wildman–Crippen MR) is 127 cm³/mol. The third-order valence-corrected chi connectivity index (χ3v) is 5.23. The van der Waals surface area contributed by atoms with Gasteiger partial charge in [-0.25, -0.2) is 4.98 Å². The first-order valence-corrected chi connectivity index (χ1v) is 10.1. The van der Waals surface area contributed by atoms with Gasteiger partial charge in [-0.3, -0.25) is 4.99 Å². The number of hydrogen-bond donors (Lipinski definition) is 2. The minimum atomic E-state index is 0. The first-order valence-electron chi connectivity index (χ1n) is 9.26. The Kier molecular flexibility index (Phi) is 11.5. The molecule has 0 saturated carbocycles. The molecule has 150 valence electrons. The third kappa shape index (κ3) is 9.03. The van der Waals surface area contributed by atoms with Crippen molar-refractivity contribution < 1.29 is 0 Å². The summed E-state index contributed by atoms with van der Waals surface area (Å²) in [5.41, 5.74) is 2.48. The molecule has 0 saturated heterocycles. The molecule has 0 atom stereocenters. The summed E-state index contributed by atoms with van der Waals surface area (Å²) in [6.07, 6.45) is 0.928. The molecule has 0 aliphatic carbocycles. The highest BCUT2D eigenvalue weighted by atomic mass is 127. The molecule has 2 rings (SSSR count). The van der Waals surface area contributed by atoms with Crippen molar-refractivity contribution in [3.05, 3.63) is 51.5 Å². The summed E-state index contributed by atoms with van der Waals surface area (Å²) in [5.74, 6) is 0.880. The van der Waals surface area contributed by atoms with Crippen LogP contribution in [0.2, 0.25) is 0 Å². The molecule has 2 N–H and O–H groups in total. The van der Waals surface area contributed by atoms with Crippen molar-refractivity contribution in [2.24, 2.45) is 4.99 Å². The number of aromatic nitrogens is 1. The van der Waals surface area contributed by atoms with E-state index in [0.717, 1.165) is 50.8 Å². The molecule has 27 heavy (non-hydrogen) atoms. The molecule has 0 spiro atoms. The van der Waals surface area contributed by atoms with E-state index in [4.69, 9.17) is 0 Å². The van der Waals surface area contributed by atoms with E-state index in [0.29, 0.717) is 0 Å². The van der Waals surface area contributed by atoms with Crippen LogP contribution in [0.4, 0.5) is 0 Å². The number of benzene rings is 1. The van der Waals surface area contributed by atoms with Crippen molar-refractivity contribution in [1.29, 1.82) is 0 Å². The second kappa shape index (κ2) is 13.1. The molecule has 0 amide bonds. The van der Waals surface area contributed by atoms with Gasteiger partial charge in [-0.05, 0) is 33.4 Å². The first kappa shape index (κ1) is 23.8. The summed E-state index contributed by atoms with van der Waals surface area (Å²) in [7, 11) is 2.13. The number of rotatable bonds is 9. The van der Waals surface area contributed by atoms with E-state index < -0.39 is 0 Å². The van der Waals surface area contributed by atoms with Crippen molar-refractivity contribution >= 4 is 41.3 Å². The lowest BCUT2D eigenvalue weighted by Gasteiger charge is -2.16. The standard InChI is InChI=1S/C20H31N5S.HI/c1-5-21-20(22-12-11-19-24-16(2)17(3)26-19)23-13-14-25(4)15-18-9-7-6-8-10-18;/h6-10H,5,11-15H2,1-4H3,(H2,21,22,23);1H. The van der Waals surface area contributed by atoms with Crippen LogP contribution in [0.5, 0.6) is 0 Å². The van der Waals surface area contributed by atoms with Crippen LogP contribution < -0.4 is 10.6 Å². The lowest BCUT2D eigenvalue weighted by molar-refractivity contribution is 0.336. The number of aliphatic imine (C=N–C) groups is 1. The van der Waals surface area contributed by atoms with Crippen molar-refractivity contribution in [3.63, 3.8) is 0 Å². The number of nitrogens with one attached hydrogen (secondary N) is 2. The number of thiazole rings is 1. The largest absolute Gasteiger partial charge is 0.357 e. The molecule has 1 aromatic carbocycles. The molecule has 0 unspecified atom stereocenters. The van der Waals surface area contributed by atoms with Gasteiger partial charge in [-0.1, -0.05) is 30.3 Å². The fraction of sp³-hybridized carbons (Fsp3) is 0.500. The van der Waals surface area contributed by atoms with E-state index >= 15 is 0 Å². The maximum atomic E-state index is 4.68. The summed E-state index contributed by atoms with van der Waals surface area (Å²) in [6, 6.07) is 10.5. The van der Waals surface area contributed by atoms with Crippen molar-refractivity contribution in [2.45, 2.75) is 33.7 Å². The Morgan fingerprint density at radius 2 is 1.93 bits per heavy atom. The van der Waals surface area contributed by atoms with Gasteiger partial charge in [0.2, 0.25) is 0 Å². The summed E-state index contributed by atoms with van der Waals surface area (Å²) >= 11 is 1.78. The average molecular weight is 501 g/mol. The lowest BCUT2D eigenvalue weighted by Crippen LogP contribution is -2.38. The van der Waals surface area contributed by atoms with E-state index in [1.165, 1.54) is 15.4 Å². The van der Waals surface area contributed by atoms with E-state index in [9.17, 15) is 0 Å². The van der Waals surface area contributed by atoms with E-state index in [2.05, 4.69) is 83.7 Å². The summed E-state index contributed by atoms with van der Waals surface area (Å²) in [5, 5.41) is 7.91. The van der Waals surface area contributed by atoms with Gasteiger partial charge in [0.15, 0.2) is 5.96 Å². The molecular weight excluding hydrogens is 469 g/mol. The van der Waals surface area contributed by atoms with Crippen LogP contribution in [-0.4, -0.2) is 49.1 Å². The zero-order valence-electron chi connectivity index (χ0n) is 16.8. The smallest absolute Gasteiger partial charge is 0.191 e. The Morgan fingerprint density at radius 3 is 2.56 bits per heavy atom. The highest BCUT2D eigenvalue weighted by Gasteiger charge is 2.04. The number of hydrogen-bond acceptors (Lipinski definition) is 4. The van der Waals surface area contributed by atoms with E-state index in [-0.39, 0.29) is 24.0 Å². The van der Waals surface area contributed by atoms with Crippen LogP contribution in [0.1, 0.15) is 28.1 Å². The van der Waals surface area contributed by atoms with Gasteiger partial charge in [-0.15, -0.1) is 35.3 Å². The molecule has 0 fully saturated rings. The van der Waals surface area contributed by atoms with E-state index in [1.54, 1.807) is 11.3 Å². The normalized spacial score (nSPS) is 11.4. The number of likely N-dealkylation sites (N-methyl/N-ethyl adjacent to an activating group) is 1. The second-order valence-corrected chi connectivity index (χ2v) is 7.70. The Labute approximate surface area is 184 Å². The van der Waals surface area contributed by atoms with Crippen molar-refractivity contribution in [1.82, 2.24) is 20.5 Å². The van der Waals surface area contributed by atoms with Crippen LogP contribution in [0.15, 0.2) is 35.3 Å². The number of aryl methyl sites for hydroxylation is 2. The number of guanidine groups is 1. The Bertz CT molecular complexity index is 667. The highest BCUT2D eigenvalue weighted by molar-refractivity contribution is 14.0. The fourth-order valence-electron chi connectivity index (χ4n) is 2.58. The molecule has 7 heteroatoms. The lowest BCUT2D eigenvalue weighted by atomic mass is 10.2. The summed E-state index contributed by atoms with van der Waals surface area (Å²) in [4.78, 5) is 12.9. The first-order chi connectivity index (χ1) is 12.6. The monoisotopic (exact) mass is 501 g/mol. The maximum Gasteiger partial charge on any atom is 0.191 e. The van der Waals surface area contributed by atoms with Crippen LogP contribution in [0.25, 0.3) is 0 Å². The van der Waals surface area contributed by atoms with Gasteiger partial charge >= 0.3 is 0 Å². The van der Waals surface area contributed by atoms with Crippen molar-refractivity contribution in [2.75, 3.05) is 33.2 Å². The van der Waals surface area contributed by atoms with Crippen molar-refractivity contribution in [3.8, 4) is 0 Å². The van der Waals surface area contributed by atoms with Crippen LogP contribution >= 0.6 is 35.3 Å². The van der Waals surface area contributed by atoms with Gasteiger partial charge in [0, 0.05) is 37.5 Å². The number of nitrogens with zero attached hydrogens (tertiary/aromatic N) is 3. The van der Waals surface area contributed by atoms with Gasteiger partial charge in [0.05, 0.1) is 17.2 Å². The van der Waals surface area contributed by atoms with Gasteiger partial charge in [-0.2, -0.15) is 0 Å². The van der Waals surface area contributed by atoms with Gasteiger partial charge in [0.1, 0.15) is 0 Å². The van der Waals surface area contributed by atoms with Gasteiger partial charge < -0.3 is 15.5 Å². The molecule has 0 bridgehead atoms. The molecule has 0 aliphatic heterocycles. The molecule has 0 aliphatic rings. The zero-order chi connectivity index (χ0) is 18.8. The minimum absolute atomic E-state index is 0. The molecule has 1 aromatic heterocycles. The average Bonchev–Trinajstić information content (AvgIpc) is 2.93. The molecular formula is C20H32IN5S. The summed E-state index contributed by atoms with van der Waals surface area (Å²) in [6.45, 7) is 10.6. The SMILES string of the molecule is CCNC(=NCCN(C)Cc1ccccc1)NCCc1nc(C)c(C)s1.I. The maximum absolute atomic E-state index is 4.68. The van der Waals surface area contributed by atoms with Gasteiger partial charge in [0.25, 0.3) is 0 Å². The Morgan fingerprint density at radius 1 is 1.19 bits per heavy atom. The fourth-order valence-corrected chi connectivity index (χ4v) is 3.52. The quantitative estimate of drug-likeness (QED) is 0.313. The number of halogens is 1. The minimum Gasteiger partial charge on any atom is -0.357 e. The molecule has 1 heterocycles. The van der Waals surface area contributed by atoms with Crippen LogP contribution in [0.3, 0.4) is 0 Å². The second-order valence-electron chi connectivity index (χ2n) is 6.41. The highest BCUT2D eigenvalue weighted by Crippen LogP contribution is 2.16. The molecule has 0 radical (unpaired) electrons. The topological polar surface area (TPSA) is 52.6 Å².